The fraction of sp³-hybridized carbons (Fsp3) is 0.933. The van der Waals surface area contributed by atoms with Crippen molar-refractivity contribution < 1.29 is 9.53 Å². The summed E-state index contributed by atoms with van der Waals surface area (Å²) >= 11 is 4.03. The molecule has 0 aliphatic heterocycles. The summed E-state index contributed by atoms with van der Waals surface area (Å²) < 4.78 is 8.00. The van der Waals surface area contributed by atoms with Gasteiger partial charge in [0.1, 0.15) is 6.61 Å². The quantitative estimate of drug-likeness (QED) is 0.330. The third kappa shape index (κ3) is 13.0. The van der Waals surface area contributed by atoms with Gasteiger partial charge in [0.25, 0.3) is 0 Å². The van der Waals surface area contributed by atoms with Crippen molar-refractivity contribution in [2.45, 2.75) is 65.5 Å². The molecular formula is C15H33N3O2S. The topological polar surface area (TPSA) is 62.4 Å². The second-order valence-electron chi connectivity index (χ2n) is 6.03. The molecule has 0 aromatic rings. The van der Waals surface area contributed by atoms with E-state index in [4.69, 9.17) is 4.74 Å². The summed E-state index contributed by atoms with van der Waals surface area (Å²) in [4.78, 5) is 11.5. The first-order valence-electron chi connectivity index (χ1n) is 8.01. The third-order valence-corrected chi connectivity index (χ3v) is 3.62. The van der Waals surface area contributed by atoms with Gasteiger partial charge in [-0.3, -0.25) is 4.72 Å². The van der Waals surface area contributed by atoms with Gasteiger partial charge >= 0.3 is 6.09 Å². The maximum absolute atomic E-state index is 11.5. The SMILES string of the molecule is CC(C)NCCCCCCNC(=O)OC[C@H](NS)C(C)C. The first-order valence-corrected chi connectivity index (χ1v) is 8.45. The van der Waals surface area contributed by atoms with Crippen LogP contribution in [0.25, 0.3) is 0 Å². The minimum Gasteiger partial charge on any atom is -0.448 e. The summed E-state index contributed by atoms with van der Waals surface area (Å²) in [6.45, 7) is 10.5. The van der Waals surface area contributed by atoms with Gasteiger partial charge in [-0.05, 0) is 25.3 Å². The molecule has 0 heterocycles. The monoisotopic (exact) mass is 319 g/mol. The number of rotatable bonds is 12. The fourth-order valence-electron chi connectivity index (χ4n) is 1.78. The highest BCUT2D eigenvalue weighted by atomic mass is 32.1. The van der Waals surface area contributed by atoms with Crippen molar-refractivity contribution in [2.24, 2.45) is 5.92 Å². The van der Waals surface area contributed by atoms with E-state index in [1.807, 2.05) is 0 Å². The van der Waals surface area contributed by atoms with E-state index >= 15 is 0 Å². The molecule has 0 unspecified atom stereocenters. The number of nitrogens with one attached hydrogen (secondary N) is 3. The van der Waals surface area contributed by atoms with E-state index in [0.717, 1.165) is 19.4 Å². The standard InChI is InChI=1S/C15H33N3O2S/c1-12(2)14(18-21)11-20-15(19)17-10-8-6-5-7-9-16-13(3)4/h12-14,16,18,21H,5-11H2,1-4H3,(H,17,19)/t14-/m0/s1. The molecule has 0 saturated carbocycles. The molecule has 0 aromatic heterocycles. The lowest BCUT2D eigenvalue weighted by Gasteiger charge is -2.19. The highest BCUT2D eigenvalue weighted by molar-refractivity contribution is 7.78. The number of ether oxygens (including phenoxy) is 1. The van der Waals surface area contributed by atoms with Gasteiger partial charge in [-0.1, -0.05) is 53.4 Å². The zero-order valence-corrected chi connectivity index (χ0v) is 14.8. The van der Waals surface area contributed by atoms with E-state index in [1.165, 1.54) is 12.8 Å². The van der Waals surface area contributed by atoms with E-state index in [1.54, 1.807) is 0 Å². The molecule has 5 nitrogen and oxygen atoms in total. The van der Waals surface area contributed by atoms with Crippen molar-refractivity contribution in [1.82, 2.24) is 15.4 Å². The van der Waals surface area contributed by atoms with Gasteiger partial charge in [-0.2, -0.15) is 0 Å². The van der Waals surface area contributed by atoms with Gasteiger partial charge in [0.05, 0.1) is 6.04 Å². The number of alkyl carbamates (subject to hydrolysis) is 1. The number of carbonyl (C=O) groups is 1. The van der Waals surface area contributed by atoms with Crippen molar-refractivity contribution in [1.29, 1.82) is 0 Å². The average Bonchev–Trinajstić information content (AvgIpc) is 2.41. The van der Waals surface area contributed by atoms with Crippen molar-refractivity contribution in [3.8, 4) is 0 Å². The van der Waals surface area contributed by atoms with E-state index in [0.29, 0.717) is 25.1 Å². The van der Waals surface area contributed by atoms with Gasteiger partial charge in [0, 0.05) is 12.6 Å². The lowest BCUT2D eigenvalue weighted by molar-refractivity contribution is 0.130. The zero-order valence-electron chi connectivity index (χ0n) is 13.9. The summed E-state index contributed by atoms with van der Waals surface area (Å²) in [5.74, 6) is 0.370. The number of hydrogen-bond donors (Lipinski definition) is 4. The van der Waals surface area contributed by atoms with Crippen LogP contribution in [0.2, 0.25) is 0 Å². The second kappa shape index (κ2) is 13.2. The molecule has 0 radical (unpaired) electrons. The van der Waals surface area contributed by atoms with Crippen LogP contribution in [-0.4, -0.2) is 37.9 Å². The highest BCUT2D eigenvalue weighted by Crippen LogP contribution is 2.03. The number of amides is 1. The first kappa shape index (κ1) is 20.5. The van der Waals surface area contributed by atoms with Crippen LogP contribution in [0.5, 0.6) is 0 Å². The van der Waals surface area contributed by atoms with Crippen LogP contribution >= 0.6 is 12.8 Å². The largest absolute Gasteiger partial charge is 0.448 e. The molecule has 0 aromatic carbocycles. The van der Waals surface area contributed by atoms with E-state index in [9.17, 15) is 4.79 Å². The van der Waals surface area contributed by atoms with E-state index in [-0.39, 0.29) is 12.1 Å². The highest BCUT2D eigenvalue weighted by Gasteiger charge is 2.13. The molecule has 0 spiro atoms. The molecule has 3 N–H and O–H groups in total. The Hall–Kier alpha value is -0.460. The van der Waals surface area contributed by atoms with Crippen LogP contribution in [0.3, 0.4) is 0 Å². The van der Waals surface area contributed by atoms with Gasteiger partial charge in [0.2, 0.25) is 0 Å². The Kier molecular flexibility index (Phi) is 12.9. The molecule has 126 valence electrons. The molecule has 6 heteroatoms. The lowest BCUT2D eigenvalue weighted by atomic mass is 10.1. The van der Waals surface area contributed by atoms with Crippen molar-refractivity contribution in [3.05, 3.63) is 0 Å². The molecule has 0 rings (SSSR count). The van der Waals surface area contributed by atoms with Gasteiger partial charge in [0.15, 0.2) is 0 Å². The van der Waals surface area contributed by atoms with Gasteiger partial charge in [-0.15, -0.1) is 0 Å². The lowest BCUT2D eigenvalue weighted by Crippen LogP contribution is -2.36. The van der Waals surface area contributed by atoms with Crippen LogP contribution in [0, 0.1) is 5.92 Å². The predicted molar refractivity (Wildman–Crippen MR) is 91.7 cm³/mol. The number of unbranched alkanes of at least 4 members (excludes halogenated alkanes) is 3. The molecule has 1 atom stereocenters. The molecule has 0 saturated heterocycles. The Morgan fingerprint density at radius 3 is 2.19 bits per heavy atom. The molecule has 21 heavy (non-hydrogen) atoms. The molecule has 0 aliphatic carbocycles. The maximum Gasteiger partial charge on any atom is 0.407 e. The van der Waals surface area contributed by atoms with Gasteiger partial charge < -0.3 is 15.4 Å². The zero-order chi connectivity index (χ0) is 16.1. The summed E-state index contributed by atoms with van der Waals surface area (Å²) in [6.07, 6.45) is 4.16. The predicted octanol–water partition coefficient (Wildman–Crippen LogP) is 2.73. The molecule has 1 amide bonds. The Bertz CT molecular complexity index is 263. The minimum atomic E-state index is -0.342. The summed E-state index contributed by atoms with van der Waals surface area (Å²) in [5, 5.41) is 6.18. The Balaban J connectivity index is 3.42. The third-order valence-electron chi connectivity index (χ3n) is 3.29. The van der Waals surface area contributed by atoms with Crippen molar-refractivity contribution in [3.63, 3.8) is 0 Å². The van der Waals surface area contributed by atoms with Gasteiger partial charge in [-0.25, -0.2) is 4.79 Å². The van der Waals surface area contributed by atoms with Crippen LogP contribution in [0.15, 0.2) is 0 Å². The summed E-state index contributed by atoms with van der Waals surface area (Å²) in [5.41, 5.74) is 0. The summed E-state index contributed by atoms with van der Waals surface area (Å²) in [6, 6.07) is 0.635. The van der Waals surface area contributed by atoms with Crippen LogP contribution < -0.4 is 15.4 Å². The smallest absolute Gasteiger partial charge is 0.407 e. The Morgan fingerprint density at radius 2 is 1.67 bits per heavy atom. The molecule has 0 bridgehead atoms. The molecule has 0 aliphatic rings. The Labute approximate surface area is 135 Å². The van der Waals surface area contributed by atoms with Crippen LogP contribution in [0.1, 0.15) is 53.4 Å². The average molecular weight is 320 g/mol. The number of carbonyl (C=O) groups excluding carboxylic acids is 1. The minimum absolute atomic E-state index is 0.0764. The second-order valence-corrected chi connectivity index (χ2v) is 6.29. The van der Waals surface area contributed by atoms with E-state index in [2.05, 4.69) is 55.9 Å². The molecular weight excluding hydrogens is 286 g/mol. The molecule has 0 fully saturated rings. The summed E-state index contributed by atoms with van der Waals surface area (Å²) in [7, 11) is 0. The maximum atomic E-state index is 11.5. The first-order chi connectivity index (χ1) is 9.97. The van der Waals surface area contributed by atoms with Crippen LogP contribution in [0.4, 0.5) is 4.79 Å². The number of thiol groups is 1. The van der Waals surface area contributed by atoms with E-state index < -0.39 is 0 Å². The normalized spacial score (nSPS) is 12.7. The fourth-order valence-corrected chi connectivity index (χ4v) is 2.15. The Morgan fingerprint density at radius 1 is 1.05 bits per heavy atom. The van der Waals surface area contributed by atoms with Crippen molar-refractivity contribution >= 4 is 18.9 Å². The van der Waals surface area contributed by atoms with Crippen LogP contribution in [-0.2, 0) is 4.74 Å². The number of hydrogen-bond acceptors (Lipinski definition) is 5. The van der Waals surface area contributed by atoms with Crippen molar-refractivity contribution in [2.75, 3.05) is 19.7 Å².